The number of sulfonamides is 1. The lowest BCUT2D eigenvalue weighted by Crippen LogP contribution is -2.46. The van der Waals surface area contributed by atoms with Gasteiger partial charge in [-0.3, -0.25) is 9.59 Å². The van der Waals surface area contributed by atoms with Crippen molar-refractivity contribution >= 4 is 50.7 Å². The van der Waals surface area contributed by atoms with Crippen LogP contribution in [0.25, 0.3) is 0 Å². The topological polar surface area (TPSA) is 84.0 Å². The van der Waals surface area contributed by atoms with Gasteiger partial charge in [-0.15, -0.1) is 0 Å². The van der Waals surface area contributed by atoms with E-state index in [9.17, 15) is 18.0 Å². The van der Waals surface area contributed by atoms with Gasteiger partial charge >= 0.3 is 0 Å². The molecule has 1 heterocycles. The summed E-state index contributed by atoms with van der Waals surface area (Å²) in [6, 6.07) is 18.7. The Hall–Kier alpha value is -2.91. The standard InChI is InChI=1S/C26H24Cl2N2O5S/c1-2-35-21-11-9-20(10-12-21)30-25(31)17-23(26(30)32)29(15-14-18-6-4-3-5-7-18)36(33,34)24-16-19(27)8-13-22(24)28/h3-13,16,23H,2,14-15,17H2,1H3. The number of ether oxygens (including phenoxy) is 1. The van der Waals surface area contributed by atoms with Crippen molar-refractivity contribution in [2.24, 2.45) is 0 Å². The van der Waals surface area contributed by atoms with Crippen LogP contribution in [-0.2, 0) is 26.0 Å². The van der Waals surface area contributed by atoms with Crippen molar-refractivity contribution in [3.8, 4) is 5.75 Å². The van der Waals surface area contributed by atoms with Gasteiger partial charge in [0.25, 0.3) is 5.91 Å². The lowest BCUT2D eigenvalue weighted by atomic mass is 10.1. The van der Waals surface area contributed by atoms with Crippen molar-refractivity contribution in [3.63, 3.8) is 0 Å². The Kier molecular flexibility index (Phi) is 8.00. The number of anilines is 1. The summed E-state index contributed by atoms with van der Waals surface area (Å²) in [5.41, 5.74) is 1.23. The number of carbonyl (C=O) groups is 2. The number of hydrogen-bond acceptors (Lipinski definition) is 5. The van der Waals surface area contributed by atoms with Gasteiger partial charge in [-0.2, -0.15) is 4.31 Å². The highest BCUT2D eigenvalue weighted by Gasteiger charge is 2.47. The second-order valence-corrected chi connectivity index (χ2v) is 10.8. The van der Waals surface area contributed by atoms with Crippen LogP contribution in [0.5, 0.6) is 5.75 Å². The number of nitrogens with zero attached hydrogens (tertiary/aromatic N) is 2. The fourth-order valence-electron chi connectivity index (χ4n) is 4.10. The van der Waals surface area contributed by atoms with Crippen LogP contribution in [-0.4, -0.2) is 43.7 Å². The number of carbonyl (C=O) groups excluding carboxylic acids is 2. The van der Waals surface area contributed by atoms with E-state index in [1.54, 1.807) is 24.3 Å². The summed E-state index contributed by atoms with van der Waals surface area (Å²) in [5, 5.41) is 0.162. The summed E-state index contributed by atoms with van der Waals surface area (Å²) < 4.78 is 34.1. The predicted octanol–water partition coefficient (Wildman–Crippen LogP) is 4.96. The minimum Gasteiger partial charge on any atom is -0.494 e. The molecule has 1 aliphatic rings. The highest BCUT2D eigenvalue weighted by molar-refractivity contribution is 7.89. The molecule has 0 saturated carbocycles. The molecule has 0 spiro atoms. The summed E-state index contributed by atoms with van der Waals surface area (Å²) in [6.45, 7) is 2.29. The van der Waals surface area contributed by atoms with Gasteiger partial charge in [-0.1, -0.05) is 53.5 Å². The first-order valence-electron chi connectivity index (χ1n) is 11.3. The first kappa shape index (κ1) is 26.2. The number of rotatable bonds is 9. The normalized spacial score (nSPS) is 16.1. The van der Waals surface area contributed by atoms with Crippen LogP contribution in [0.15, 0.2) is 77.7 Å². The number of imide groups is 1. The van der Waals surface area contributed by atoms with Gasteiger partial charge in [-0.05, 0) is 61.4 Å². The fraction of sp³-hybridized carbons (Fsp3) is 0.231. The van der Waals surface area contributed by atoms with Crippen LogP contribution < -0.4 is 9.64 Å². The second-order valence-electron chi connectivity index (χ2n) is 8.14. The van der Waals surface area contributed by atoms with Crippen molar-refractivity contribution in [1.29, 1.82) is 0 Å². The minimum atomic E-state index is -4.29. The quantitative estimate of drug-likeness (QED) is 0.354. The number of amides is 2. The Balaban J connectivity index is 1.70. The smallest absolute Gasteiger partial charge is 0.252 e. The Morgan fingerprint density at radius 3 is 2.36 bits per heavy atom. The van der Waals surface area contributed by atoms with Gasteiger partial charge < -0.3 is 4.74 Å². The summed E-state index contributed by atoms with van der Waals surface area (Å²) in [5.74, 6) is -0.523. The monoisotopic (exact) mass is 546 g/mol. The van der Waals surface area contributed by atoms with Crippen LogP contribution in [0.3, 0.4) is 0 Å². The highest BCUT2D eigenvalue weighted by atomic mass is 35.5. The van der Waals surface area contributed by atoms with Crippen molar-refractivity contribution in [2.45, 2.75) is 30.7 Å². The van der Waals surface area contributed by atoms with E-state index in [0.29, 0.717) is 24.5 Å². The second kappa shape index (κ2) is 11.0. The van der Waals surface area contributed by atoms with Gasteiger partial charge in [0.15, 0.2) is 0 Å². The average molecular weight is 547 g/mol. The molecule has 1 atom stereocenters. The van der Waals surface area contributed by atoms with E-state index in [1.807, 2.05) is 37.3 Å². The lowest BCUT2D eigenvalue weighted by molar-refractivity contribution is -0.122. The molecule has 4 rings (SSSR count). The van der Waals surface area contributed by atoms with Gasteiger partial charge in [0.1, 0.15) is 16.7 Å². The predicted molar refractivity (Wildman–Crippen MR) is 139 cm³/mol. The molecule has 0 radical (unpaired) electrons. The number of halogens is 2. The summed E-state index contributed by atoms with van der Waals surface area (Å²) in [7, 11) is -4.29. The Morgan fingerprint density at radius 2 is 1.69 bits per heavy atom. The molecule has 188 valence electrons. The number of hydrogen-bond donors (Lipinski definition) is 0. The third kappa shape index (κ3) is 5.42. The maximum atomic E-state index is 13.8. The van der Waals surface area contributed by atoms with Crippen LogP contribution >= 0.6 is 23.2 Å². The van der Waals surface area contributed by atoms with Crippen molar-refractivity contribution in [3.05, 3.63) is 88.4 Å². The first-order valence-corrected chi connectivity index (χ1v) is 13.5. The van der Waals surface area contributed by atoms with Gasteiger partial charge in [0, 0.05) is 11.6 Å². The van der Waals surface area contributed by atoms with Crippen LogP contribution in [0, 0.1) is 0 Å². The van der Waals surface area contributed by atoms with E-state index >= 15 is 0 Å². The number of benzene rings is 3. The molecule has 1 aliphatic heterocycles. The Labute approximate surface area is 220 Å². The van der Waals surface area contributed by atoms with E-state index in [2.05, 4.69) is 0 Å². The fourth-order valence-corrected chi connectivity index (χ4v) is 6.42. The first-order chi connectivity index (χ1) is 17.2. The Morgan fingerprint density at radius 1 is 1.00 bits per heavy atom. The molecular formula is C26H24Cl2N2O5S. The summed E-state index contributed by atoms with van der Waals surface area (Å²) >= 11 is 12.3. The largest absolute Gasteiger partial charge is 0.494 e. The molecular weight excluding hydrogens is 523 g/mol. The third-order valence-electron chi connectivity index (χ3n) is 5.82. The van der Waals surface area contributed by atoms with E-state index in [-0.39, 0.29) is 27.9 Å². The Bertz CT molecular complexity index is 1360. The average Bonchev–Trinajstić information content (AvgIpc) is 3.15. The molecule has 7 nitrogen and oxygen atoms in total. The maximum Gasteiger partial charge on any atom is 0.252 e. The molecule has 36 heavy (non-hydrogen) atoms. The molecule has 10 heteroatoms. The van der Waals surface area contributed by atoms with Gasteiger partial charge in [-0.25, -0.2) is 13.3 Å². The van der Waals surface area contributed by atoms with Crippen LogP contribution in [0.2, 0.25) is 10.0 Å². The molecule has 0 aromatic heterocycles. The molecule has 1 saturated heterocycles. The molecule has 3 aromatic carbocycles. The zero-order valence-corrected chi connectivity index (χ0v) is 21.8. The highest BCUT2D eigenvalue weighted by Crippen LogP contribution is 2.33. The van der Waals surface area contributed by atoms with Crippen molar-refractivity contribution in [2.75, 3.05) is 18.1 Å². The SMILES string of the molecule is CCOc1ccc(N2C(=O)CC(N(CCc3ccccc3)S(=O)(=O)c3cc(Cl)ccc3Cl)C2=O)cc1. The molecule has 0 N–H and O–H groups in total. The van der Waals surface area contributed by atoms with Crippen molar-refractivity contribution in [1.82, 2.24) is 4.31 Å². The molecule has 1 unspecified atom stereocenters. The van der Waals surface area contributed by atoms with Crippen LogP contribution in [0.4, 0.5) is 5.69 Å². The van der Waals surface area contributed by atoms with E-state index < -0.39 is 27.9 Å². The van der Waals surface area contributed by atoms with E-state index in [1.165, 1.54) is 18.2 Å². The summed E-state index contributed by atoms with van der Waals surface area (Å²) in [4.78, 5) is 27.3. The van der Waals surface area contributed by atoms with Crippen LogP contribution in [0.1, 0.15) is 18.9 Å². The molecule has 0 aliphatic carbocycles. The zero-order valence-electron chi connectivity index (χ0n) is 19.4. The maximum absolute atomic E-state index is 13.8. The van der Waals surface area contributed by atoms with E-state index in [4.69, 9.17) is 27.9 Å². The molecule has 2 amide bonds. The van der Waals surface area contributed by atoms with E-state index in [0.717, 1.165) is 14.8 Å². The summed E-state index contributed by atoms with van der Waals surface area (Å²) in [6.07, 6.45) is 0.0392. The third-order valence-corrected chi connectivity index (χ3v) is 8.44. The van der Waals surface area contributed by atoms with Gasteiger partial charge in [0.2, 0.25) is 15.9 Å². The molecule has 1 fully saturated rings. The zero-order chi connectivity index (χ0) is 25.9. The lowest BCUT2D eigenvalue weighted by Gasteiger charge is -2.27. The minimum absolute atomic E-state index is 0.0238. The van der Waals surface area contributed by atoms with Crippen molar-refractivity contribution < 1.29 is 22.7 Å². The molecule has 3 aromatic rings. The van der Waals surface area contributed by atoms with Gasteiger partial charge in [0.05, 0.1) is 23.7 Å². The molecule has 0 bridgehead atoms.